The summed E-state index contributed by atoms with van der Waals surface area (Å²) in [5.74, 6) is -0.262. The molecule has 0 amide bonds. The molecule has 0 heterocycles. The fraction of sp³-hybridized carbons (Fsp3) is 0.929. The Morgan fingerprint density at radius 1 is 1.22 bits per heavy atom. The summed E-state index contributed by atoms with van der Waals surface area (Å²) in [5.41, 5.74) is -0.696. The van der Waals surface area contributed by atoms with Crippen LogP contribution < -0.4 is 0 Å². The van der Waals surface area contributed by atoms with Crippen molar-refractivity contribution in [3.8, 4) is 0 Å². The van der Waals surface area contributed by atoms with E-state index in [1.807, 2.05) is 13.8 Å². The number of carbonyl (C=O) groups is 1. The first-order valence-electron chi connectivity index (χ1n) is 6.97. The summed E-state index contributed by atoms with van der Waals surface area (Å²) in [6.45, 7) is 5.70. The van der Waals surface area contributed by atoms with Crippen LogP contribution in [0.1, 0.15) is 52.9 Å². The van der Waals surface area contributed by atoms with Crippen LogP contribution >= 0.6 is 0 Å². The average Bonchev–Trinajstić information content (AvgIpc) is 2.42. The summed E-state index contributed by atoms with van der Waals surface area (Å²) in [4.78, 5) is 11.9. The normalized spacial score (nSPS) is 13.4. The molecule has 0 fully saturated rings. The lowest BCUT2D eigenvalue weighted by Gasteiger charge is -2.28. The van der Waals surface area contributed by atoms with Gasteiger partial charge in [-0.1, -0.05) is 33.6 Å². The first-order chi connectivity index (χ1) is 8.59. The highest BCUT2D eigenvalue weighted by Crippen LogP contribution is 2.22. The molecule has 0 saturated carbocycles. The fourth-order valence-electron chi connectivity index (χ4n) is 1.75. The van der Waals surface area contributed by atoms with Crippen molar-refractivity contribution in [2.75, 3.05) is 19.8 Å². The topological polar surface area (TPSA) is 66.8 Å². The molecule has 0 aliphatic rings. The van der Waals surface area contributed by atoms with Gasteiger partial charge in [-0.2, -0.15) is 0 Å². The Bertz CT molecular complexity index is 216. The summed E-state index contributed by atoms with van der Waals surface area (Å²) in [6, 6.07) is 0. The van der Waals surface area contributed by atoms with Gasteiger partial charge in [0.15, 0.2) is 0 Å². The van der Waals surface area contributed by atoms with Crippen molar-refractivity contribution in [1.82, 2.24) is 0 Å². The van der Waals surface area contributed by atoms with Crippen LogP contribution in [0, 0.1) is 11.3 Å². The van der Waals surface area contributed by atoms with Gasteiger partial charge in [-0.15, -0.1) is 0 Å². The number of esters is 1. The third-order valence-corrected chi connectivity index (χ3v) is 3.67. The van der Waals surface area contributed by atoms with Gasteiger partial charge in [0.1, 0.15) is 6.61 Å². The van der Waals surface area contributed by atoms with Crippen molar-refractivity contribution in [3.63, 3.8) is 0 Å². The number of hydrogen-bond acceptors (Lipinski definition) is 4. The van der Waals surface area contributed by atoms with Gasteiger partial charge in [0, 0.05) is 0 Å². The Kier molecular flexibility index (Phi) is 9.02. The minimum Gasteiger partial charge on any atom is -0.465 e. The number of rotatable bonds is 10. The highest BCUT2D eigenvalue weighted by atomic mass is 16.5. The maximum atomic E-state index is 11.9. The monoisotopic (exact) mass is 260 g/mol. The third kappa shape index (κ3) is 5.36. The van der Waals surface area contributed by atoms with Crippen molar-refractivity contribution in [3.05, 3.63) is 0 Å². The quantitative estimate of drug-likeness (QED) is 0.590. The molecule has 1 atom stereocenters. The van der Waals surface area contributed by atoms with E-state index in [2.05, 4.69) is 6.92 Å². The Morgan fingerprint density at radius 3 is 2.22 bits per heavy atom. The molecule has 108 valence electrons. The second-order valence-electron chi connectivity index (χ2n) is 5.02. The summed E-state index contributed by atoms with van der Waals surface area (Å²) in [7, 11) is 0. The molecule has 2 N–H and O–H groups in total. The van der Waals surface area contributed by atoms with E-state index >= 15 is 0 Å². The van der Waals surface area contributed by atoms with Crippen LogP contribution in [-0.2, 0) is 9.53 Å². The summed E-state index contributed by atoms with van der Waals surface area (Å²) >= 11 is 0. The minimum atomic E-state index is -0.696. The van der Waals surface area contributed by atoms with Crippen LogP contribution in [0.2, 0.25) is 0 Å². The predicted molar refractivity (Wildman–Crippen MR) is 71.2 cm³/mol. The first kappa shape index (κ1) is 17.4. The molecule has 0 saturated heterocycles. The van der Waals surface area contributed by atoms with Crippen molar-refractivity contribution < 1.29 is 19.7 Å². The molecule has 0 aromatic heterocycles. The van der Waals surface area contributed by atoms with E-state index in [0.717, 1.165) is 25.7 Å². The maximum Gasteiger partial charge on any atom is 0.308 e. The van der Waals surface area contributed by atoms with Gasteiger partial charge in [0.25, 0.3) is 0 Å². The molecule has 0 rings (SSSR count). The molecule has 0 aromatic rings. The number of aliphatic hydroxyl groups is 2. The third-order valence-electron chi connectivity index (χ3n) is 3.67. The number of ether oxygens (including phenoxy) is 1. The minimum absolute atomic E-state index is 0.0584. The van der Waals surface area contributed by atoms with Crippen LogP contribution in [-0.4, -0.2) is 36.0 Å². The van der Waals surface area contributed by atoms with Gasteiger partial charge in [-0.05, 0) is 19.3 Å². The second kappa shape index (κ2) is 9.34. The number of hydrogen-bond donors (Lipinski definition) is 2. The SMILES string of the molecule is CCCCC(CC)C(=O)OCC(CC)(CO)CO. The van der Waals surface area contributed by atoms with Crippen LogP contribution in [0.25, 0.3) is 0 Å². The molecule has 0 bridgehead atoms. The van der Waals surface area contributed by atoms with Crippen molar-refractivity contribution >= 4 is 5.97 Å². The predicted octanol–water partition coefficient (Wildman–Crippen LogP) is 2.13. The fourth-order valence-corrected chi connectivity index (χ4v) is 1.75. The van der Waals surface area contributed by atoms with E-state index in [0.29, 0.717) is 6.42 Å². The molecule has 0 spiro atoms. The Balaban J connectivity index is 4.28. The second-order valence-corrected chi connectivity index (χ2v) is 5.02. The Labute approximate surface area is 110 Å². The summed E-state index contributed by atoms with van der Waals surface area (Å²) in [6.07, 6.45) is 4.29. The zero-order valence-electron chi connectivity index (χ0n) is 11.9. The van der Waals surface area contributed by atoms with Gasteiger partial charge in [-0.3, -0.25) is 4.79 Å². The van der Waals surface area contributed by atoms with E-state index in [1.165, 1.54) is 0 Å². The molecule has 0 aromatic carbocycles. The molecule has 4 nitrogen and oxygen atoms in total. The lowest BCUT2D eigenvalue weighted by atomic mass is 9.88. The zero-order chi connectivity index (χ0) is 14.0. The molecule has 0 radical (unpaired) electrons. The maximum absolute atomic E-state index is 11.9. The van der Waals surface area contributed by atoms with Crippen molar-refractivity contribution in [2.45, 2.75) is 52.9 Å². The van der Waals surface area contributed by atoms with Crippen molar-refractivity contribution in [1.29, 1.82) is 0 Å². The lowest BCUT2D eigenvalue weighted by molar-refractivity contribution is -0.155. The van der Waals surface area contributed by atoms with E-state index in [1.54, 1.807) is 0 Å². The van der Waals surface area contributed by atoms with Crippen LogP contribution in [0.4, 0.5) is 0 Å². The van der Waals surface area contributed by atoms with E-state index in [9.17, 15) is 15.0 Å². The first-order valence-corrected chi connectivity index (χ1v) is 6.97. The van der Waals surface area contributed by atoms with Crippen LogP contribution in [0.15, 0.2) is 0 Å². The molecule has 18 heavy (non-hydrogen) atoms. The highest BCUT2D eigenvalue weighted by Gasteiger charge is 2.29. The van der Waals surface area contributed by atoms with E-state index < -0.39 is 5.41 Å². The molecule has 0 aliphatic carbocycles. The average molecular weight is 260 g/mol. The number of carbonyl (C=O) groups excluding carboxylic acids is 1. The van der Waals surface area contributed by atoms with Gasteiger partial charge < -0.3 is 14.9 Å². The van der Waals surface area contributed by atoms with Crippen LogP contribution in [0.5, 0.6) is 0 Å². The largest absolute Gasteiger partial charge is 0.465 e. The number of aliphatic hydroxyl groups excluding tert-OH is 2. The highest BCUT2D eigenvalue weighted by molar-refractivity contribution is 5.72. The summed E-state index contributed by atoms with van der Waals surface area (Å²) < 4.78 is 5.27. The molecule has 1 unspecified atom stereocenters. The van der Waals surface area contributed by atoms with Gasteiger partial charge in [-0.25, -0.2) is 0 Å². The van der Waals surface area contributed by atoms with E-state index in [4.69, 9.17) is 4.74 Å². The van der Waals surface area contributed by atoms with Gasteiger partial charge >= 0.3 is 5.97 Å². The molecular weight excluding hydrogens is 232 g/mol. The zero-order valence-corrected chi connectivity index (χ0v) is 11.9. The Morgan fingerprint density at radius 2 is 1.83 bits per heavy atom. The van der Waals surface area contributed by atoms with Gasteiger partial charge in [0.2, 0.25) is 0 Å². The smallest absolute Gasteiger partial charge is 0.308 e. The van der Waals surface area contributed by atoms with Gasteiger partial charge in [0.05, 0.1) is 24.5 Å². The van der Waals surface area contributed by atoms with Crippen LogP contribution in [0.3, 0.4) is 0 Å². The molecular formula is C14H28O4. The van der Waals surface area contributed by atoms with E-state index in [-0.39, 0.29) is 31.7 Å². The lowest BCUT2D eigenvalue weighted by Crippen LogP contribution is -2.36. The number of unbranched alkanes of at least 4 members (excludes halogenated alkanes) is 1. The Hall–Kier alpha value is -0.610. The van der Waals surface area contributed by atoms with Crippen molar-refractivity contribution in [2.24, 2.45) is 11.3 Å². The summed E-state index contributed by atoms with van der Waals surface area (Å²) in [5, 5.41) is 18.6. The molecule has 0 aliphatic heterocycles. The standard InChI is InChI=1S/C14H28O4/c1-4-7-8-12(5-2)13(17)18-11-14(6-3,9-15)10-16/h12,15-16H,4-11H2,1-3H3. The molecule has 4 heteroatoms.